The number of hydrogen-bond acceptors (Lipinski definition) is 3. The molecule has 0 aliphatic rings. The minimum Gasteiger partial charge on any atom is -0.461 e. The van der Waals surface area contributed by atoms with Crippen LogP contribution in [0.2, 0.25) is 0 Å². The second-order valence-electron chi connectivity index (χ2n) is 7.27. The predicted octanol–water partition coefficient (Wildman–Crippen LogP) is 4.51. The lowest BCUT2D eigenvalue weighted by Gasteiger charge is -2.46. The molecule has 3 heteroatoms. The van der Waals surface area contributed by atoms with Crippen molar-refractivity contribution in [2.45, 2.75) is 38.7 Å². The summed E-state index contributed by atoms with van der Waals surface area (Å²) in [7, 11) is 4.17. The van der Waals surface area contributed by atoms with Gasteiger partial charge in [-0.3, -0.25) is 4.79 Å². The van der Waals surface area contributed by atoms with Gasteiger partial charge in [0.2, 0.25) is 0 Å². The molecule has 0 radical (unpaired) electrons. The van der Waals surface area contributed by atoms with Crippen molar-refractivity contribution in [3.63, 3.8) is 0 Å². The summed E-state index contributed by atoms with van der Waals surface area (Å²) in [6, 6.07) is 21.0. The lowest BCUT2D eigenvalue weighted by Crippen LogP contribution is -2.50. The van der Waals surface area contributed by atoms with Gasteiger partial charge in [0, 0.05) is 13.5 Å². The maximum Gasteiger partial charge on any atom is 0.302 e. The van der Waals surface area contributed by atoms with E-state index in [0.29, 0.717) is 0 Å². The maximum absolute atomic E-state index is 11.9. The third-order valence-electron chi connectivity index (χ3n) is 5.11. The van der Waals surface area contributed by atoms with E-state index < -0.39 is 5.41 Å². The molecule has 0 heterocycles. The van der Waals surface area contributed by atoms with Gasteiger partial charge in [0.25, 0.3) is 0 Å². The first-order chi connectivity index (χ1) is 12.4. The van der Waals surface area contributed by atoms with Crippen LogP contribution in [0, 0.1) is 5.92 Å². The van der Waals surface area contributed by atoms with Crippen LogP contribution < -0.4 is 0 Å². The van der Waals surface area contributed by atoms with E-state index in [1.807, 2.05) is 12.1 Å². The minimum absolute atomic E-state index is 0.231. The van der Waals surface area contributed by atoms with Crippen LogP contribution in [0.15, 0.2) is 60.7 Å². The Morgan fingerprint density at radius 2 is 1.46 bits per heavy atom. The highest BCUT2D eigenvalue weighted by Crippen LogP contribution is 2.45. The largest absolute Gasteiger partial charge is 0.461 e. The molecule has 2 aromatic carbocycles. The van der Waals surface area contributed by atoms with Crippen LogP contribution in [0.25, 0.3) is 0 Å². The maximum atomic E-state index is 11.9. The van der Waals surface area contributed by atoms with Gasteiger partial charge >= 0.3 is 5.97 Å². The fourth-order valence-corrected chi connectivity index (χ4v) is 4.24. The molecule has 26 heavy (non-hydrogen) atoms. The van der Waals surface area contributed by atoms with Crippen LogP contribution in [-0.4, -0.2) is 37.6 Å². The topological polar surface area (TPSA) is 29.5 Å². The number of ether oxygens (including phenoxy) is 1. The Hall–Kier alpha value is -2.13. The third kappa shape index (κ3) is 4.16. The monoisotopic (exact) mass is 353 g/mol. The lowest BCUT2D eigenvalue weighted by atomic mass is 9.62. The SMILES string of the molecule is CC[C@@H](OC(C)=O)C(c1ccccc1)(c1ccccc1)[C@H](C)CN(C)C. The minimum atomic E-state index is -0.410. The van der Waals surface area contributed by atoms with Crippen LogP contribution in [0.1, 0.15) is 38.3 Å². The summed E-state index contributed by atoms with van der Waals surface area (Å²) in [6.07, 6.45) is 0.515. The quantitative estimate of drug-likeness (QED) is 0.654. The van der Waals surface area contributed by atoms with E-state index in [0.717, 1.165) is 13.0 Å². The molecule has 2 atom stereocenters. The summed E-state index contributed by atoms with van der Waals surface area (Å²) < 4.78 is 5.92. The van der Waals surface area contributed by atoms with Gasteiger partial charge in [-0.2, -0.15) is 0 Å². The van der Waals surface area contributed by atoms with Gasteiger partial charge in [0.1, 0.15) is 6.10 Å². The molecular weight excluding hydrogens is 322 g/mol. The first-order valence-corrected chi connectivity index (χ1v) is 9.35. The van der Waals surface area contributed by atoms with E-state index in [1.165, 1.54) is 18.1 Å². The highest BCUT2D eigenvalue weighted by molar-refractivity contribution is 5.66. The summed E-state index contributed by atoms with van der Waals surface area (Å²) in [5.41, 5.74) is 1.97. The van der Waals surface area contributed by atoms with Crippen molar-refractivity contribution in [2.75, 3.05) is 20.6 Å². The highest BCUT2D eigenvalue weighted by Gasteiger charge is 2.47. The summed E-state index contributed by atoms with van der Waals surface area (Å²) in [5, 5.41) is 0. The molecule has 0 aromatic heterocycles. The van der Waals surface area contributed by atoms with Crippen molar-refractivity contribution in [1.29, 1.82) is 0 Å². The molecule has 2 rings (SSSR count). The van der Waals surface area contributed by atoms with Crippen molar-refractivity contribution in [3.8, 4) is 0 Å². The second kappa shape index (κ2) is 9.00. The van der Waals surface area contributed by atoms with Crippen molar-refractivity contribution in [3.05, 3.63) is 71.8 Å². The van der Waals surface area contributed by atoms with Crippen LogP contribution in [0.5, 0.6) is 0 Å². The summed E-state index contributed by atoms with van der Waals surface area (Å²) >= 11 is 0. The molecule has 0 bridgehead atoms. The molecule has 0 aliphatic carbocycles. The summed E-state index contributed by atoms with van der Waals surface area (Å²) in [6.45, 7) is 6.74. The van der Waals surface area contributed by atoms with E-state index >= 15 is 0 Å². The van der Waals surface area contributed by atoms with Crippen LogP contribution in [0.3, 0.4) is 0 Å². The zero-order chi connectivity index (χ0) is 19.2. The Kier molecular flexibility index (Phi) is 6.98. The zero-order valence-electron chi connectivity index (χ0n) is 16.6. The Morgan fingerprint density at radius 1 is 1.00 bits per heavy atom. The molecule has 0 saturated heterocycles. The third-order valence-corrected chi connectivity index (χ3v) is 5.11. The van der Waals surface area contributed by atoms with Gasteiger partial charge in [-0.15, -0.1) is 0 Å². The molecular formula is C23H31NO2. The fraction of sp³-hybridized carbons (Fsp3) is 0.435. The number of benzene rings is 2. The molecule has 0 saturated carbocycles. The van der Waals surface area contributed by atoms with Crippen LogP contribution in [0.4, 0.5) is 0 Å². The molecule has 3 nitrogen and oxygen atoms in total. The molecule has 0 N–H and O–H groups in total. The highest BCUT2D eigenvalue weighted by atomic mass is 16.5. The normalized spacial score (nSPS) is 14.1. The molecule has 2 aromatic rings. The van der Waals surface area contributed by atoms with Crippen molar-refractivity contribution >= 4 is 5.97 Å². The van der Waals surface area contributed by atoms with Crippen molar-refractivity contribution in [2.24, 2.45) is 5.92 Å². The fourth-order valence-electron chi connectivity index (χ4n) is 4.24. The molecule has 0 unspecified atom stereocenters. The van der Waals surface area contributed by atoms with E-state index in [-0.39, 0.29) is 18.0 Å². The molecule has 140 valence electrons. The van der Waals surface area contributed by atoms with E-state index in [1.54, 1.807) is 0 Å². The standard InChI is InChI=1S/C23H31NO2/c1-6-22(26-19(3)25)23(18(2)17-24(4)5,20-13-9-7-10-14-20)21-15-11-8-12-16-21/h7-16,18,22H,6,17H2,1-5H3/t18-,22-/m1/s1. The van der Waals surface area contributed by atoms with E-state index in [9.17, 15) is 4.79 Å². The smallest absolute Gasteiger partial charge is 0.302 e. The molecule has 0 aliphatic heterocycles. The van der Waals surface area contributed by atoms with Gasteiger partial charge < -0.3 is 9.64 Å². The number of nitrogens with zero attached hydrogens (tertiary/aromatic N) is 1. The summed E-state index contributed by atoms with van der Waals surface area (Å²) in [5.74, 6) is 0.0109. The van der Waals surface area contributed by atoms with Crippen molar-refractivity contribution < 1.29 is 9.53 Å². The Morgan fingerprint density at radius 3 is 1.81 bits per heavy atom. The van der Waals surface area contributed by atoms with Gasteiger partial charge in [-0.25, -0.2) is 0 Å². The van der Waals surface area contributed by atoms with Crippen LogP contribution >= 0.6 is 0 Å². The first kappa shape index (κ1) is 20.2. The number of carbonyl (C=O) groups is 1. The van der Waals surface area contributed by atoms with Gasteiger partial charge in [0.15, 0.2) is 0 Å². The number of carbonyl (C=O) groups excluding carboxylic acids is 1. The number of hydrogen-bond donors (Lipinski definition) is 0. The summed E-state index contributed by atoms with van der Waals surface area (Å²) in [4.78, 5) is 14.1. The Balaban J connectivity index is 2.76. The zero-order valence-corrected chi connectivity index (χ0v) is 16.6. The van der Waals surface area contributed by atoms with Gasteiger partial charge in [-0.1, -0.05) is 74.5 Å². The molecule has 0 amide bonds. The van der Waals surface area contributed by atoms with E-state index in [2.05, 4.69) is 81.4 Å². The van der Waals surface area contributed by atoms with Crippen LogP contribution in [-0.2, 0) is 14.9 Å². The average Bonchev–Trinajstić information content (AvgIpc) is 2.62. The molecule has 0 fully saturated rings. The first-order valence-electron chi connectivity index (χ1n) is 9.35. The van der Waals surface area contributed by atoms with E-state index in [4.69, 9.17) is 4.74 Å². The average molecular weight is 354 g/mol. The van der Waals surface area contributed by atoms with Gasteiger partial charge in [-0.05, 0) is 37.6 Å². The van der Waals surface area contributed by atoms with Crippen molar-refractivity contribution in [1.82, 2.24) is 4.90 Å². The van der Waals surface area contributed by atoms with Gasteiger partial charge in [0.05, 0.1) is 5.41 Å². The molecule has 0 spiro atoms. The number of esters is 1. The Bertz CT molecular complexity index is 642. The predicted molar refractivity (Wildman–Crippen MR) is 107 cm³/mol. The lowest BCUT2D eigenvalue weighted by molar-refractivity contribution is -0.150. The second-order valence-corrected chi connectivity index (χ2v) is 7.27. The number of rotatable bonds is 8. The Labute approximate surface area is 158 Å².